The van der Waals surface area contributed by atoms with Crippen molar-refractivity contribution >= 4 is 20.9 Å². The van der Waals surface area contributed by atoms with Gasteiger partial charge in [-0.3, -0.25) is 4.55 Å². The molecule has 0 aromatic heterocycles. The maximum atomic E-state index is 8.59. The van der Waals surface area contributed by atoms with Gasteiger partial charge < -0.3 is 0 Å². The topological polar surface area (TPSA) is 54.4 Å². The van der Waals surface area contributed by atoms with E-state index in [9.17, 15) is 0 Å². The molecule has 0 fully saturated rings. The summed E-state index contributed by atoms with van der Waals surface area (Å²) in [5.41, 5.74) is 0. The van der Waals surface area contributed by atoms with Crippen LogP contribution in [0, 0.1) is 0 Å². The lowest BCUT2D eigenvalue weighted by Gasteiger charge is -1.43. The molecule has 0 spiro atoms. The molecule has 0 bridgehead atoms. The molecule has 0 radical (unpaired) electrons. The van der Waals surface area contributed by atoms with Crippen LogP contribution in [-0.4, -0.2) is 13.0 Å². The molecule has 1 atom stereocenters. The molecule has 0 aliphatic carbocycles. The van der Waals surface area contributed by atoms with E-state index in [1.54, 1.807) is 0 Å². The fraction of sp³-hybridized carbons (Fsp3) is 0. The van der Waals surface area contributed by atoms with E-state index in [4.69, 9.17) is 13.0 Å². The molecule has 0 saturated carbocycles. The van der Waals surface area contributed by atoms with Crippen LogP contribution in [0.4, 0.5) is 0 Å². The number of hydrogen-bond acceptors (Lipinski definition) is 2. The van der Waals surface area contributed by atoms with Crippen molar-refractivity contribution in [1.29, 1.82) is 0 Å². The monoisotopic (exact) mass is 116 g/mol. The molecule has 1 N–H and O–H groups in total. The van der Waals surface area contributed by atoms with Crippen LogP contribution in [0.25, 0.3) is 0 Å². The Kier molecular flexibility index (Phi) is 7.83. The lowest BCUT2D eigenvalue weighted by atomic mass is 15.9. The van der Waals surface area contributed by atoms with E-state index >= 15 is 0 Å². The summed E-state index contributed by atoms with van der Waals surface area (Å²) in [6.07, 6.45) is 0. The summed E-state index contributed by atoms with van der Waals surface area (Å²) >= 11 is 0. The Morgan fingerprint density at radius 3 is 1.40 bits per heavy atom. The Bertz CT molecular complexity index is 55.3. The predicted molar refractivity (Wildman–Crippen MR) is 24.0 cm³/mol. The fourth-order valence-corrected chi connectivity index (χ4v) is 0. The molecule has 0 rings (SSSR count). The third-order valence-electron chi connectivity index (χ3n) is 0. The van der Waals surface area contributed by atoms with Crippen LogP contribution >= 0.6 is 9.90 Å². The summed E-state index contributed by atoms with van der Waals surface area (Å²) in [7, 11) is -3.12. The first-order valence-electron chi connectivity index (χ1n) is 0.565. The minimum atomic E-state index is -3.12. The maximum Gasteiger partial charge on any atom is 0.254 e. The van der Waals surface area contributed by atoms with Crippen molar-refractivity contribution in [2.24, 2.45) is 0 Å². The summed E-state index contributed by atoms with van der Waals surface area (Å²) < 4.78 is 24.2. The molecule has 5 heteroatoms. The average molecular weight is 116 g/mol. The highest BCUT2D eigenvalue weighted by Crippen LogP contribution is 1.27. The molecule has 0 saturated heterocycles. The van der Waals surface area contributed by atoms with E-state index < -0.39 is 11.0 Å². The van der Waals surface area contributed by atoms with Gasteiger partial charge in [-0.1, -0.05) is 0 Å². The summed E-state index contributed by atoms with van der Waals surface area (Å²) in [5, 5.41) is 0. The van der Waals surface area contributed by atoms with Crippen LogP contribution in [0.2, 0.25) is 0 Å². The third kappa shape index (κ3) is 206. The van der Waals surface area contributed by atoms with Gasteiger partial charge in [-0.2, -0.15) is 9.90 Å². The first-order chi connectivity index (χ1) is 1.73. The zero-order valence-corrected chi connectivity index (χ0v) is 4.73. The summed E-state index contributed by atoms with van der Waals surface area (Å²) in [6.45, 7) is 0. The first-order valence-corrected chi connectivity index (χ1v) is 1.70. The molecule has 1 unspecified atom stereocenters. The summed E-state index contributed by atoms with van der Waals surface area (Å²) in [6, 6.07) is 0. The second-order valence-electron chi connectivity index (χ2n) is 0.238. The third-order valence-corrected chi connectivity index (χ3v) is 0. The number of rotatable bonds is 0. The van der Waals surface area contributed by atoms with E-state index in [-0.39, 0.29) is 9.90 Å². The van der Waals surface area contributed by atoms with Crippen LogP contribution < -0.4 is 0 Å². The standard InChI is InChI=1S/H2O3S.H3P/c1-4(2)3;/h4H,(H,1,2,3);1H3. The average Bonchev–Trinajstić information content (AvgIpc) is 0.811. The highest BCUT2D eigenvalue weighted by atomic mass is 32.2. The molecule has 5 heavy (non-hydrogen) atoms. The number of thiol groups is 1. The Morgan fingerprint density at radius 1 is 1.40 bits per heavy atom. The SMILES string of the molecule is O=[SH](=O)O.P. The van der Waals surface area contributed by atoms with Gasteiger partial charge in [0, 0.05) is 0 Å². The van der Waals surface area contributed by atoms with Crippen LogP contribution in [-0.2, 0) is 11.0 Å². The van der Waals surface area contributed by atoms with Crippen molar-refractivity contribution in [3.63, 3.8) is 0 Å². The van der Waals surface area contributed by atoms with Crippen molar-refractivity contribution in [1.82, 2.24) is 0 Å². The molecule has 3 nitrogen and oxygen atoms in total. The molecule has 34 valence electrons. The Balaban J connectivity index is 0. The van der Waals surface area contributed by atoms with Crippen LogP contribution in [0.1, 0.15) is 0 Å². The zero-order valence-electron chi connectivity index (χ0n) is 2.42. The second-order valence-corrected chi connectivity index (χ2v) is 0.714. The van der Waals surface area contributed by atoms with E-state index in [2.05, 4.69) is 0 Å². The predicted octanol–water partition coefficient (Wildman–Crippen LogP) is -0.871. The molecular formula is H5O3PS. The molecule has 0 aliphatic rings. The normalized spacial score (nSPS) is 6.80. The van der Waals surface area contributed by atoms with Crippen LogP contribution in [0.15, 0.2) is 0 Å². The van der Waals surface area contributed by atoms with E-state index in [1.807, 2.05) is 0 Å². The Labute approximate surface area is 34.8 Å². The lowest BCUT2D eigenvalue weighted by molar-refractivity contribution is 0.509. The van der Waals surface area contributed by atoms with Gasteiger partial charge in [-0.25, -0.2) is 8.42 Å². The summed E-state index contributed by atoms with van der Waals surface area (Å²) in [4.78, 5) is 0. The molecule has 0 amide bonds. The van der Waals surface area contributed by atoms with Crippen LogP contribution in [0.3, 0.4) is 0 Å². The van der Waals surface area contributed by atoms with Gasteiger partial charge in [0.2, 0.25) is 0 Å². The van der Waals surface area contributed by atoms with Gasteiger partial charge in [0.1, 0.15) is 0 Å². The molecule has 0 aromatic carbocycles. The van der Waals surface area contributed by atoms with Gasteiger partial charge in [-0.15, -0.1) is 0 Å². The minimum absolute atomic E-state index is 0. The molecule has 0 heterocycles. The van der Waals surface area contributed by atoms with Crippen molar-refractivity contribution in [3.8, 4) is 0 Å². The smallest absolute Gasteiger partial charge is 0.254 e. The molecule has 0 aliphatic heterocycles. The Hall–Kier alpha value is 0.340. The van der Waals surface area contributed by atoms with Crippen molar-refractivity contribution in [2.45, 2.75) is 0 Å². The van der Waals surface area contributed by atoms with Crippen molar-refractivity contribution < 1.29 is 13.0 Å². The van der Waals surface area contributed by atoms with Crippen molar-refractivity contribution in [3.05, 3.63) is 0 Å². The minimum Gasteiger partial charge on any atom is -0.288 e. The van der Waals surface area contributed by atoms with Gasteiger partial charge in [0.05, 0.1) is 0 Å². The van der Waals surface area contributed by atoms with Crippen LogP contribution in [0.5, 0.6) is 0 Å². The zero-order chi connectivity index (χ0) is 3.58. The number of hydrogen-bond donors (Lipinski definition) is 2. The van der Waals surface area contributed by atoms with Crippen molar-refractivity contribution in [2.75, 3.05) is 0 Å². The highest BCUT2D eigenvalue weighted by molar-refractivity contribution is 7.66. The maximum absolute atomic E-state index is 8.59. The molecule has 0 aromatic rings. The lowest BCUT2D eigenvalue weighted by Crippen LogP contribution is -1.58. The van der Waals surface area contributed by atoms with Gasteiger partial charge in [0.15, 0.2) is 0 Å². The van der Waals surface area contributed by atoms with E-state index in [1.165, 1.54) is 0 Å². The van der Waals surface area contributed by atoms with Gasteiger partial charge >= 0.3 is 0 Å². The highest BCUT2D eigenvalue weighted by Gasteiger charge is 1.44. The second kappa shape index (κ2) is 4.34. The first kappa shape index (κ1) is 9.02. The Morgan fingerprint density at radius 2 is 1.40 bits per heavy atom. The molecular weight excluding hydrogens is 111 g/mol. The summed E-state index contributed by atoms with van der Waals surface area (Å²) in [5.74, 6) is 0. The van der Waals surface area contributed by atoms with Gasteiger partial charge in [0.25, 0.3) is 11.0 Å². The van der Waals surface area contributed by atoms with E-state index in [0.29, 0.717) is 0 Å². The quantitative estimate of drug-likeness (QED) is 0.246. The fourth-order valence-electron chi connectivity index (χ4n) is 0. The van der Waals surface area contributed by atoms with E-state index in [0.717, 1.165) is 0 Å². The van der Waals surface area contributed by atoms with Gasteiger partial charge in [-0.05, 0) is 0 Å². The largest absolute Gasteiger partial charge is 0.288 e.